The van der Waals surface area contributed by atoms with Crippen LogP contribution in [0.2, 0.25) is 0 Å². The summed E-state index contributed by atoms with van der Waals surface area (Å²) in [6.07, 6.45) is 0.551. The predicted octanol–water partition coefficient (Wildman–Crippen LogP) is 2.81. The average Bonchev–Trinajstić information content (AvgIpc) is 2.55. The minimum absolute atomic E-state index is 0.596. The summed E-state index contributed by atoms with van der Waals surface area (Å²) >= 11 is 0. The molecule has 2 aromatic rings. The minimum atomic E-state index is -0.985. The number of hydrogen-bond acceptors (Lipinski definition) is 1. The first-order valence-corrected chi connectivity index (χ1v) is 4.20. The summed E-state index contributed by atoms with van der Waals surface area (Å²) in [4.78, 5) is 11.0. The van der Waals surface area contributed by atoms with Crippen LogP contribution in [0.5, 0.6) is 0 Å². The Bertz CT molecular complexity index is 511. The third kappa shape index (κ3) is 1.10. The van der Waals surface area contributed by atoms with Gasteiger partial charge in [0.05, 0.1) is 11.2 Å². The molecule has 1 aromatic heterocycles. The second-order valence-electron chi connectivity index (χ2n) is 2.95. The van der Waals surface area contributed by atoms with Crippen molar-refractivity contribution in [3.8, 4) is 0 Å². The van der Waals surface area contributed by atoms with E-state index >= 15 is 0 Å². The zero-order chi connectivity index (χ0) is 10.1. The molecule has 0 aliphatic rings. The Balaban J connectivity index is 2.87. The standard InChI is InChI=1S/C11H9NO2/c1-2-9-7-8-5-3-4-6-10(8)12(9)11(13)14/h2-7H,1H2,(H,13,14). The Labute approximate surface area is 80.9 Å². The van der Waals surface area contributed by atoms with Crippen LogP contribution < -0.4 is 0 Å². The molecule has 1 N–H and O–H groups in total. The maximum atomic E-state index is 11.0. The van der Waals surface area contributed by atoms with Crippen LogP contribution >= 0.6 is 0 Å². The maximum absolute atomic E-state index is 11.0. The number of aromatic nitrogens is 1. The van der Waals surface area contributed by atoms with Crippen molar-refractivity contribution >= 4 is 23.1 Å². The van der Waals surface area contributed by atoms with Crippen LogP contribution in [-0.2, 0) is 0 Å². The molecule has 0 aliphatic heterocycles. The molecule has 0 saturated carbocycles. The summed E-state index contributed by atoms with van der Waals surface area (Å²) in [5.74, 6) is 0. The van der Waals surface area contributed by atoms with E-state index in [-0.39, 0.29) is 0 Å². The quantitative estimate of drug-likeness (QED) is 0.745. The fourth-order valence-electron chi connectivity index (χ4n) is 1.54. The summed E-state index contributed by atoms with van der Waals surface area (Å²) in [7, 11) is 0. The van der Waals surface area contributed by atoms with Crippen LogP contribution in [0.15, 0.2) is 36.9 Å². The molecule has 0 unspecified atom stereocenters. The van der Waals surface area contributed by atoms with Gasteiger partial charge in [-0.2, -0.15) is 0 Å². The van der Waals surface area contributed by atoms with E-state index in [0.29, 0.717) is 11.2 Å². The number of para-hydroxylation sites is 1. The minimum Gasteiger partial charge on any atom is -0.464 e. The molecule has 0 radical (unpaired) electrons. The SMILES string of the molecule is C=Cc1cc2ccccc2n1C(=O)O. The lowest BCUT2D eigenvalue weighted by Crippen LogP contribution is -2.08. The lowest BCUT2D eigenvalue weighted by molar-refractivity contribution is 0.197. The van der Waals surface area contributed by atoms with Gasteiger partial charge in [-0.3, -0.25) is 0 Å². The summed E-state index contributed by atoms with van der Waals surface area (Å²) in [6.45, 7) is 3.59. The Morgan fingerprint density at radius 1 is 1.43 bits per heavy atom. The highest BCUT2D eigenvalue weighted by Crippen LogP contribution is 2.19. The van der Waals surface area contributed by atoms with Crippen LogP contribution in [0.1, 0.15) is 5.69 Å². The van der Waals surface area contributed by atoms with Gasteiger partial charge < -0.3 is 5.11 Å². The third-order valence-electron chi connectivity index (χ3n) is 2.14. The highest BCUT2D eigenvalue weighted by molar-refractivity contribution is 5.92. The molecule has 70 valence electrons. The van der Waals surface area contributed by atoms with Crippen molar-refractivity contribution in [3.63, 3.8) is 0 Å². The molecule has 0 atom stereocenters. The van der Waals surface area contributed by atoms with Crippen LogP contribution in [0.4, 0.5) is 4.79 Å². The lowest BCUT2D eigenvalue weighted by atomic mass is 10.2. The van der Waals surface area contributed by atoms with Gasteiger partial charge in [-0.05, 0) is 18.2 Å². The van der Waals surface area contributed by atoms with Crippen molar-refractivity contribution in [2.24, 2.45) is 0 Å². The van der Waals surface area contributed by atoms with Gasteiger partial charge in [0, 0.05) is 5.39 Å². The Morgan fingerprint density at radius 3 is 2.79 bits per heavy atom. The maximum Gasteiger partial charge on any atom is 0.416 e. The predicted molar refractivity (Wildman–Crippen MR) is 55.5 cm³/mol. The highest BCUT2D eigenvalue weighted by atomic mass is 16.4. The van der Waals surface area contributed by atoms with Crippen molar-refractivity contribution in [3.05, 3.63) is 42.6 Å². The smallest absolute Gasteiger partial charge is 0.416 e. The van der Waals surface area contributed by atoms with Gasteiger partial charge >= 0.3 is 6.09 Å². The van der Waals surface area contributed by atoms with Crippen molar-refractivity contribution in [2.75, 3.05) is 0 Å². The van der Waals surface area contributed by atoms with Gasteiger partial charge in [-0.1, -0.05) is 24.8 Å². The normalized spacial score (nSPS) is 10.3. The second-order valence-corrected chi connectivity index (χ2v) is 2.95. The van der Waals surface area contributed by atoms with E-state index in [4.69, 9.17) is 5.11 Å². The number of benzene rings is 1. The first-order valence-electron chi connectivity index (χ1n) is 4.20. The first kappa shape index (κ1) is 8.56. The van der Waals surface area contributed by atoms with Crippen molar-refractivity contribution in [1.82, 2.24) is 4.57 Å². The number of nitrogens with zero attached hydrogens (tertiary/aromatic N) is 1. The summed E-state index contributed by atoms with van der Waals surface area (Å²) < 4.78 is 1.22. The molecule has 0 spiro atoms. The summed E-state index contributed by atoms with van der Waals surface area (Å²) in [5.41, 5.74) is 1.29. The van der Waals surface area contributed by atoms with E-state index in [0.717, 1.165) is 5.39 Å². The van der Waals surface area contributed by atoms with Gasteiger partial charge in [0.2, 0.25) is 0 Å². The zero-order valence-electron chi connectivity index (χ0n) is 7.47. The van der Waals surface area contributed by atoms with Gasteiger partial charge in [-0.15, -0.1) is 0 Å². The topological polar surface area (TPSA) is 42.2 Å². The van der Waals surface area contributed by atoms with E-state index in [1.165, 1.54) is 10.6 Å². The molecule has 0 amide bonds. The fraction of sp³-hybridized carbons (Fsp3) is 0. The largest absolute Gasteiger partial charge is 0.464 e. The van der Waals surface area contributed by atoms with Gasteiger partial charge in [-0.25, -0.2) is 9.36 Å². The van der Waals surface area contributed by atoms with Crippen molar-refractivity contribution in [1.29, 1.82) is 0 Å². The lowest BCUT2D eigenvalue weighted by Gasteiger charge is -1.99. The van der Waals surface area contributed by atoms with E-state index in [1.54, 1.807) is 12.1 Å². The number of hydrogen-bond donors (Lipinski definition) is 1. The van der Waals surface area contributed by atoms with Crippen LogP contribution in [0, 0.1) is 0 Å². The molecular formula is C11H9NO2. The highest BCUT2D eigenvalue weighted by Gasteiger charge is 2.10. The first-order chi connectivity index (χ1) is 6.74. The molecule has 0 saturated heterocycles. The molecule has 1 heterocycles. The Kier molecular flexibility index (Phi) is 1.85. The van der Waals surface area contributed by atoms with Gasteiger partial charge in [0.15, 0.2) is 0 Å². The molecule has 14 heavy (non-hydrogen) atoms. The van der Waals surface area contributed by atoms with E-state index in [9.17, 15) is 4.79 Å². The Morgan fingerprint density at radius 2 is 2.14 bits per heavy atom. The number of rotatable bonds is 1. The number of fused-ring (bicyclic) bond motifs is 1. The molecular weight excluding hydrogens is 178 g/mol. The Hall–Kier alpha value is -2.03. The van der Waals surface area contributed by atoms with Gasteiger partial charge in [0.1, 0.15) is 0 Å². The molecule has 0 fully saturated rings. The van der Waals surface area contributed by atoms with Crippen molar-refractivity contribution in [2.45, 2.75) is 0 Å². The number of carboxylic acid groups (broad SMARTS) is 1. The fourth-order valence-corrected chi connectivity index (χ4v) is 1.54. The van der Waals surface area contributed by atoms with Crippen LogP contribution in [0.3, 0.4) is 0 Å². The average molecular weight is 187 g/mol. The van der Waals surface area contributed by atoms with Gasteiger partial charge in [0.25, 0.3) is 0 Å². The van der Waals surface area contributed by atoms with E-state index in [2.05, 4.69) is 6.58 Å². The molecule has 1 aromatic carbocycles. The molecule has 3 heteroatoms. The molecule has 2 rings (SSSR count). The second kappa shape index (κ2) is 3.03. The molecule has 0 bridgehead atoms. The molecule has 0 aliphatic carbocycles. The summed E-state index contributed by atoms with van der Waals surface area (Å²) in [6, 6.07) is 9.14. The molecule has 3 nitrogen and oxygen atoms in total. The zero-order valence-corrected chi connectivity index (χ0v) is 7.47. The summed E-state index contributed by atoms with van der Waals surface area (Å²) in [5, 5.41) is 9.91. The van der Waals surface area contributed by atoms with Crippen molar-refractivity contribution < 1.29 is 9.90 Å². The van der Waals surface area contributed by atoms with Crippen LogP contribution in [0.25, 0.3) is 17.0 Å². The van der Waals surface area contributed by atoms with Crippen LogP contribution in [-0.4, -0.2) is 15.8 Å². The van der Waals surface area contributed by atoms with E-state index < -0.39 is 6.09 Å². The van der Waals surface area contributed by atoms with E-state index in [1.807, 2.05) is 18.2 Å². The number of carbonyl (C=O) groups is 1. The monoisotopic (exact) mass is 187 g/mol. The third-order valence-corrected chi connectivity index (χ3v) is 2.14.